The highest BCUT2D eigenvalue weighted by Gasteiger charge is 2.21. The number of aromatic nitrogens is 2. The van der Waals surface area contributed by atoms with Gasteiger partial charge in [0.2, 0.25) is 21.6 Å². The van der Waals surface area contributed by atoms with Gasteiger partial charge >= 0.3 is 0 Å². The average molecular weight is 741 g/mol. The Kier molecular flexibility index (Phi) is 11.1. The van der Waals surface area contributed by atoms with E-state index in [1.165, 1.54) is 29.3 Å². The Balaban J connectivity index is 1.07. The van der Waals surface area contributed by atoms with E-state index in [9.17, 15) is 13.7 Å². The van der Waals surface area contributed by atoms with Crippen LogP contribution < -0.4 is 4.90 Å². The standard InChI is InChI=1S/C47H40N4O3S/c1-3-36(38-21-23-40(24-22-38)47-50-49-46(54-47)39-13-7-4-8-14-39)31-34(2)37-25-29-43(30-26-37)51(41-15-9-5-10-16-41)42-27-19-35(20-28-42)32-45(33-48)55(52,53)44-17-11-6-12-18-44/h4-30,32,34,36H,3,31H2,1-2H3/b45-32-. The summed E-state index contributed by atoms with van der Waals surface area (Å²) in [7, 11) is -3.94. The van der Waals surface area contributed by atoms with Crippen LogP contribution >= 0.6 is 0 Å². The van der Waals surface area contributed by atoms with E-state index < -0.39 is 9.84 Å². The molecule has 7 nitrogen and oxygen atoms in total. The monoisotopic (exact) mass is 740 g/mol. The molecule has 0 saturated carbocycles. The maximum Gasteiger partial charge on any atom is 0.248 e. The third-order valence-corrected chi connectivity index (χ3v) is 11.5. The number of benzene rings is 6. The molecule has 0 aliphatic carbocycles. The van der Waals surface area contributed by atoms with Gasteiger partial charge in [0.15, 0.2) is 0 Å². The van der Waals surface area contributed by atoms with Gasteiger partial charge in [-0.25, -0.2) is 8.42 Å². The molecule has 0 fully saturated rings. The quantitative estimate of drug-likeness (QED) is 0.108. The molecule has 0 N–H and O–H groups in total. The summed E-state index contributed by atoms with van der Waals surface area (Å²) in [5.74, 6) is 1.71. The fraction of sp³-hybridized carbons (Fsp3) is 0.128. The minimum atomic E-state index is -3.94. The second kappa shape index (κ2) is 16.6. The zero-order chi connectivity index (χ0) is 38.2. The van der Waals surface area contributed by atoms with Gasteiger partial charge in [0, 0.05) is 28.2 Å². The maximum atomic E-state index is 13.1. The van der Waals surface area contributed by atoms with Crippen LogP contribution in [0.1, 0.15) is 55.2 Å². The summed E-state index contributed by atoms with van der Waals surface area (Å²) in [5, 5.41) is 18.3. The van der Waals surface area contributed by atoms with Crippen molar-refractivity contribution in [1.82, 2.24) is 10.2 Å². The molecule has 0 saturated heterocycles. The first-order valence-corrected chi connectivity index (χ1v) is 19.8. The molecule has 7 aromatic rings. The van der Waals surface area contributed by atoms with E-state index in [1.807, 2.05) is 78.9 Å². The van der Waals surface area contributed by atoms with Gasteiger partial charge in [0.1, 0.15) is 11.0 Å². The van der Waals surface area contributed by atoms with Crippen molar-refractivity contribution in [3.05, 3.63) is 185 Å². The highest BCUT2D eigenvalue weighted by molar-refractivity contribution is 7.95. The lowest BCUT2D eigenvalue weighted by Crippen LogP contribution is -2.10. The van der Waals surface area contributed by atoms with Crippen LogP contribution in [0.4, 0.5) is 17.1 Å². The Bertz CT molecular complexity index is 2510. The van der Waals surface area contributed by atoms with Crippen molar-refractivity contribution in [2.24, 2.45) is 0 Å². The molecular formula is C47H40N4O3S. The number of nitrogens with zero attached hydrogens (tertiary/aromatic N) is 4. The second-order valence-electron chi connectivity index (χ2n) is 13.4. The summed E-state index contributed by atoms with van der Waals surface area (Å²) in [6.07, 6.45) is 3.43. The van der Waals surface area contributed by atoms with Crippen molar-refractivity contribution in [1.29, 1.82) is 5.26 Å². The molecule has 55 heavy (non-hydrogen) atoms. The number of rotatable bonds is 13. The van der Waals surface area contributed by atoms with Gasteiger partial charge < -0.3 is 9.32 Å². The summed E-state index contributed by atoms with van der Waals surface area (Å²) >= 11 is 0. The van der Waals surface area contributed by atoms with Crippen molar-refractivity contribution in [2.45, 2.75) is 43.4 Å². The third-order valence-electron chi connectivity index (χ3n) is 9.84. The van der Waals surface area contributed by atoms with Crippen LogP contribution in [0.25, 0.3) is 29.0 Å². The molecule has 0 aliphatic rings. The first kappa shape index (κ1) is 36.8. The molecule has 0 bridgehead atoms. The highest BCUT2D eigenvalue weighted by atomic mass is 32.2. The van der Waals surface area contributed by atoms with Gasteiger partial charge in [-0.2, -0.15) is 5.26 Å². The number of nitriles is 1. The summed E-state index contributed by atoms with van der Waals surface area (Å²) in [6.45, 7) is 4.52. The first-order valence-electron chi connectivity index (χ1n) is 18.3. The molecule has 8 heteroatoms. The molecule has 2 atom stereocenters. The van der Waals surface area contributed by atoms with Crippen molar-refractivity contribution >= 4 is 33.0 Å². The second-order valence-corrected chi connectivity index (χ2v) is 15.4. The Labute approximate surface area is 322 Å². The predicted octanol–water partition coefficient (Wildman–Crippen LogP) is 11.9. The number of hydrogen-bond donors (Lipinski definition) is 0. The molecule has 0 aliphatic heterocycles. The van der Waals surface area contributed by atoms with Gasteiger partial charge in [-0.15, -0.1) is 10.2 Å². The molecule has 7 rings (SSSR count). The lowest BCUT2D eigenvalue weighted by atomic mass is 9.84. The van der Waals surface area contributed by atoms with Gasteiger partial charge in [-0.05, 0) is 120 Å². The van der Waals surface area contributed by atoms with Crippen molar-refractivity contribution in [2.75, 3.05) is 4.90 Å². The van der Waals surface area contributed by atoms with Crippen LogP contribution in [0, 0.1) is 11.3 Å². The van der Waals surface area contributed by atoms with Crippen molar-refractivity contribution in [3.8, 4) is 29.0 Å². The van der Waals surface area contributed by atoms with E-state index >= 15 is 0 Å². The number of anilines is 3. The largest absolute Gasteiger partial charge is 0.416 e. The molecule has 0 radical (unpaired) electrons. The Morgan fingerprint density at radius 1 is 0.673 bits per heavy atom. The molecule has 1 heterocycles. The van der Waals surface area contributed by atoms with Crippen LogP contribution in [0.3, 0.4) is 0 Å². The zero-order valence-electron chi connectivity index (χ0n) is 30.7. The van der Waals surface area contributed by atoms with Gasteiger partial charge in [-0.1, -0.05) is 105 Å². The summed E-state index contributed by atoms with van der Waals surface area (Å²) < 4.78 is 32.2. The molecule has 0 spiro atoms. The van der Waals surface area contributed by atoms with Gasteiger partial charge in [0.05, 0.1) is 4.90 Å². The molecular weight excluding hydrogens is 701 g/mol. The smallest absolute Gasteiger partial charge is 0.248 e. The van der Waals surface area contributed by atoms with Crippen LogP contribution in [0.5, 0.6) is 0 Å². The number of sulfone groups is 1. The van der Waals surface area contributed by atoms with Crippen molar-refractivity contribution in [3.63, 3.8) is 0 Å². The topological polar surface area (TPSA) is 100 Å². The number of para-hydroxylation sites is 1. The van der Waals surface area contributed by atoms with E-state index in [2.05, 4.69) is 89.6 Å². The van der Waals surface area contributed by atoms with E-state index in [-0.39, 0.29) is 9.80 Å². The molecule has 2 unspecified atom stereocenters. The summed E-state index contributed by atoms with van der Waals surface area (Å²) in [4.78, 5) is 1.95. The molecule has 0 amide bonds. The minimum Gasteiger partial charge on any atom is -0.416 e. The number of hydrogen-bond acceptors (Lipinski definition) is 7. The van der Waals surface area contributed by atoms with E-state index in [0.29, 0.717) is 29.2 Å². The van der Waals surface area contributed by atoms with E-state index in [1.54, 1.807) is 18.2 Å². The number of allylic oxidation sites excluding steroid dienone is 1. The van der Waals surface area contributed by atoms with Crippen LogP contribution in [-0.2, 0) is 9.84 Å². The van der Waals surface area contributed by atoms with Gasteiger partial charge in [0.25, 0.3) is 0 Å². The fourth-order valence-electron chi connectivity index (χ4n) is 6.78. The van der Waals surface area contributed by atoms with E-state index in [0.717, 1.165) is 41.0 Å². The minimum absolute atomic E-state index is 0.0890. The summed E-state index contributed by atoms with van der Waals surface area (Å²) in [6, 6.07) is 54.5. The molecule has 272 valence electrons. The first-order chi connectivity index (χ1) is 26.8. The SMILES string of the molecule is CCC(CC(C)c1ccc(N(c2ccccc2)c2ccc(/C=C(/C#N)S(=O)(=O)c3ccccc3)cc2)cc1)c1ccc(-c2nnc(-c3ccccc3)o2)cc1. The predicted molar refractivity (Wildman–Crippen MR) is 220 cm³/mol. The normalized spacial score (nSPS) is 12.8. The van der Waals surface area contributed by atoms with Crippen molar-refractivity contribution < 1.29 is 12.8 Å². The third kappa shape index (κ3) is 8.33. The average Bonchev–Trinajstić information content (AvgIpc) is 3.74. The van der Waals surface area contributed by atoms with Crippen LogP contribution in [0.2, 0.25) is 0 Å². The highest BCUT2D eigenvalue weighted by Crippen LogP contribution is 2.38. The lowest BCUT2D eigenvalue weighted by Gasteiger charge is -2.26. The maximum absolute atomic E-state index is 13.1. The Morgan fingerprint density at radius 2 is 1.16 bits per heavy atom. The fourth-order valence-corrected chi connectivity index (χ4v) is 7.96. The summed E-state index contributed by atoms with van der Waals surface area (Å²) in [5.41, 5.74) is 7.84. The zero-order valence-corrected chi connectivity index (χ0v) is 31.5. The molecule has 6 aromatic carbocycles. The lowest BCUT2D eigenvalue weighted by molar-refractivity contribution is 0.544. The van der Waals surface area contributed by atoms with E-state index in [4.69, 9.17) is 4.42 Å². The van der Waals surface area contributed by atoms with Crippen LogP contribution in [-0.4, -0.2) is 18.6 Å². The molecule has 1 aromatic heterocycles. The van der Waals surface area contributed by atoms with Crippen LogP contribution in [0.15, 0.2) is 178 Å². The Morgan fingerprint density at radius 3 is 1.73 bits per heavy atom. The Hall–Kier alpha value is -6.56. The van der Waals surface area contributed by atoms with Gasteiger partial charge in [-0.3, -0.25) is 0 Å².